The van der Waals surface area contributed by atoms with Gasteiger partial charge in [-0.3, -0.25) is 0 Å². The number of ether oxygens (including phenoxy) is 1. The van der Waals surface area contributed by atoms with Crippen molar-refractivity contribution in [3.63, 3.8) is 0 Å². The Balaban J connectivity index is 2.15. The van der Waals surface area contributed by atoms with E-state index in [1.807, 2.05) is 7.05 Å². The highest BCUT2D eigenvalue weighted by Gasteiger charge is 2.19. The van der Waals surface area contributed by atoms with Crippen LogP contribution in [-0.4, -0.2) is 62.6 Å². The molecule has 4 nitrogen and oxygen atoms in total. The quantitative estimate of drug-likeness (QED) is 0.641. The fourth-order valence-corrected chi connectivity index (χ4v) is 1.93. The Bertz CT molecular complexity index is 147. The highest BCUT2D eigenvalue weighted by molar-refractivity contribution is 4.74. The molecule has 0 bridgehead atoms. The van der Waals surface area contributed by atoms with Gasteiger partial charge in [-0.1, -0.05) is 0 Å². The SMILES string of the molecule is CNCC(O)CN1CCC(OC)CC1. The summed E-state index contributed by atoms with van der Waals surface area (Å²) in [7, 11) is 3.64. The summed E-state index contributed by atoms with van der Waals surface area (Å²) in [6.07, 6.45) is 2.35. The molecule has 0 aliphatic carbocycles. The maximum Gasteiger partial charge on any atom is 0.0791 e. The smallest absolute Gasteiger partial charge is 0.0791 e. The lowest BCUT2D eigenvalue weighted by Crippen LogP contribution is -2.43. The fourth-order valence-electron chi connectivity index (χ4n) is 1.93. The zero-order chi connectivity index (χ0) is 10.4. The predicted molar refractivity (Wildman–Crippen MR) is 56.4 cm³/mol. The van der Waals surface area contributed by atoms with Crippen molar-refractivity contribution >= 4 is 0 Å². The van der Waals surface area contributed by atoms with Gasteiger partial charge < -0.3 is 20.1 Å². The van der Waals surface area contributed by atoms with E-state index < -0.39 is 0 Å². The minimum absolute atomic E-state index is 0.251. The van der Waals surface area contributed by atoms with Gasteiger partial charge in [-0.15, -0.1) is 0 Å². The second kappa shape index (κ2) is 6.35. The van der Waals surface area contributed by atoms with Gasteiger partial charge in [0.2, 0.25) is 0 Å². The third-order valence-electron chi connectivity index (χ3n) is 2.78. The first-order chi connectivity index (χ1) is 6.76. The van der Waals surface area contributed by atoms with Gasteiger partial charge >= 0.3 is 0 Å². The summed E-state index contributed by atoms with van der Waals surface area (Å²) in [6, 6.07) is 0. The summed E-state index contributed by atoms with van der Waals surface area (Å²) in [5.41, 5.74) is 0. The molecule has 1 atom stereocenters. The van der Waals surface area contributed by atoms with Crippen molar-refractivity contribution in [1.82, 2.24) is 10.2 Å². The van der Waals surface area contributed by atoms with Crippen molar-refractivity contribution in [3.8, 4) is 0 Å². The van der Waals surface area contributed by atoms with Gasteiger partial charge in [-0.25, -0.2) is 0 Å². The van der Waals surface area contributed by atoms with Crippen LogP contribution in [0.15, 0.2) is 0 Å². The average Bonchev–Trinajstić information content (AvgIpc) is 2.19. The lowest BCUT2D eigenvalue weighted by molar-refractivity contribution is 0.0249. The molecule has 0 aromatic carbocycles. The fraction of sp³-hybridized carbons (Fsp3) is 1.00. The first-order valence-corrected chi connectivity index (χ1v) is 5.34. The first-order valence-electron chi connectivity index (χ1n) is 5.34. The number of aliphatic hydroxyl groups is 1. The van der Waals surface area contributed by atoms with E-state index in [4.69, 9.17) is 4.74 Å². The number of β-amino-alcohol motifs (C(OH)–C–C–N with tert-alkyl or cyclic N) is 1. The van der Waals surface area contributed by atoms with E-state index in [0.29, 0.717) is 12.6 Å². The standard InChI is InChI=1S/C10H22N2O2/c1-11-7-9(13)8-12-5-3-10(14-2)4-6-12/h9-11,13H,3-8H2,1-2H3. The summed E-state index contributed by atoms with van der Waals surface area (Å²) in [5.74, 6) is 0. The van der Waals surface area contributed by atoms with Crippen LogP contribution in [0.25, 0.3) is 0 Å². The lowest BCUT2D eigenvalue weighted by Gasteiger charge is -2.32. The van der Waals surface area contributed by atoms with Crippen LogP contribution in [0.2, 0.25) is 0 Å². The Morgan fingerprint density at radius 2 is 2.14 bits per heavy atom. The average molecular weight is 202 g/mol. The molecule has 0 amide bonds. The molecule has 0 saturated carbocycles. The second-order valence-electron chi connectivity index (χ2n) is 3.95. The van der Waals surface area contributed by atoms with Crippen LogP contribution in [0.5, 0.6) is 0 Å². The van der Waals surface area contributed by atoms with E-state index in [-0.39, 0.29) is 6.10 Å². The molecule has 4 heteroatoms. The highest BCUT2D eigenvalue weighted by Crippen LogP contribution is 2.12. The molecule has 1 heterocycles. The van der Waals surface area contributed by atoms with Crippen molar-refractivity contribution < 1.29 is 9.84 Å². The third-order valence-corrected chi connectivity index (χ3v) is 2.78. The molecule has 1 aliphatic heterocycles. The number of methoxy groups -OCH3 is 1. The van der Waals surface area contributed by atoms with Crippen LogP contribution in [0.1, 0.15) is 12.8 Å². The van der Waals surface area contributed by atoms with E-state index in [0.717, 1.165) is 32.5 Å². The van der Waals surface area contributed by atoms with Crippen molar-refractivity contribution in [3.05, 3.63) is 0 Å². The topological polar surface area (TPSA) is 44.7 Å². The molecule has 1 fully saturated rings. The third kappa shape index (κ3) is 3.92. The molecule has 0 spiro atoms. The van der Waals surface area contributed by atoms with Gasteiger partial charge in [-0.05, 0) is 19.9 Å². The second-order valence-corrected chi connectivity index (χ2v) is 3.95. The zero-order valence-electron chi connectivity index (χ0n) is 9.20. The van der Waals surface area contributed by atoms with Crippen LogP contribution < -0.4 is 5.32 Å². The van der Waals surface area contributed by atoms with Crippen LogP contribution in [0.4, 0.5) is 0 Å². The number of rotatable bonds is 5. The van der Waals surface area contributed by atoms with Crippen LogP contribution >= 0.6 is 0 Å². The van der Waals surface area contributed by atoms with E-state index in [1.165, 1.54) is 0 Å². The zero-order valence-corrected chi connectivity index (χ0v) is 9.20. The molecular formula is C10H22N2O2. The molecule has 0 aromatic heterocycles. The summed E-state index contributed by atoms with van der Waals surface area (Å²) in [6.45, 7) is 3.53. The molecule has 1 rings (SSSR count). The maximum atomic E-state index is 9.59. The molecule has 2 N–H and O–H groups in total. The molecule has 0 radical (unpaired) electrons. The van der Waals surface area contributed by atoms with Gasteiger partial charge in [0, 0.05) is 33.3 Å². The van der Waals surface area contributed by atoms with E-state index >= 15 is 0 Å². The molecule has 14 heavy (non-hydrogen) atoms. The number of likely N-dealkylation sites (tertiary alicyclic amines) is 1. The number of aliphatic hydroxyl groups excluding tert-OH is 1. The van der Waals surface area contributed by atoms with Crippen LogP contribution in [0, 0.1) is 0 Å². The summed E-state index contributed by atoms with van der Waals surface area (Å²) in [5, 5.41) is 12.6. The van der Waals surface area contributed by atoms with Gasteiger partial charge in [0.15, 0.2) is 0 Å². The van der Waals surface area contributed by atoms with Gasteiger partial charge in [0.1, 0.15) is 0 Å². The van der Waals surface area contributed by atoms with Gasteiger partial charge in [0.05, 0.1) is 12.2 Å². The molecule has 1 aliphatic rings. The Morgan fingerprint density at radius 1 is 1.50 bits per heavy atom. The number of likely N-dealkylation sites (N-methyl/N-ethyl adjacent to an activating group) is 1. The predicted octanol–water partition coefficient (Wildman–Crippen LogP) is -0.323. The summed E-state index contributed by atoms with van der Waals surface area (Å²) >= 11 is 0. The minimum Gasteiger partial charge on any atom is -0.390 e. The molecular weight excluding hydrogens is 180 g/mol. The van der Waals surface area contributed by atoms with Crippen molar-refractivity contribution in [1.29, 1.82) is 0 Å². The number of nitrogens with one attached hydrogen (secondary N) is 1. The number of hydrogen-bond donors (Lipinski definition) is 2. The maximum absolute atomic E-state index is 9.59. The normalized spacial score (nSPS) is 22.5. The number of hydrogen-bond acceptors (Lipinski definition) is 4. The molecule has 1 saturated heterocycles. The van der Waals surface area contributed by atoms with E-state index in [1.54, 1.807) is 7.11 Å². The minimum atomic E-state index is -0.251. The Labute approximate surface area is 86.2 Å². The first kappa shape index (κ1) is 11.9. The van der Waals surface area contributed by atoms with Crippen molar-refractivity contribution in [2.24, 2.45) is 0 Å². The molecule has 84 valence electrons. The van der Waals surface area contributed by atoms with Crippen LogP contribution in [0.3, 0.4) is 0 Å². The lowest BCUT2D eigenvalue weighted by atomic mass is 10.1. The Kier molecular flexibility index (Phi) is 5.40. The largest absolute Gasteiger partial charge is 0.390 e. The Hall–Kier alpha value is -0.160. The summed E-state index contributed by atoms with van der Waals surface area (Å²) in [4.78, 5) is 2.30. The highest BCUT2D eigenvalue weighted by atomic mass is 16.5. The number of nitrogens with zero attached hydrogens (tertiary/aromatic N) is 1. The van der Waals surface area contributed by atoms with Crippen molar-refractivity contribution in [2.75, 3.05) is 40.3 Å². The van der Waals surface area contributed by atoms with Gasteiger partial charge in [-0.2, -0.15) is 0 Å². The summed E-state index contributed by atoms with van der Waals surface area (Å²) < 4.78 is 5.29. The van der Waals surface area contributed by atoms with Crippen molar-refractivity contribution in [2.45, 2.75) is 25.0 Å². The Morgan fingerprint density at radius 3 is 2.64 bits per heavy atom. The number of piperidine rings is 1. The van der Waals surface area contributed by atoms with Crippen LogP contribution in [-0.2, 0) is 4.74 Å². The van der Waals surface area contributed by atoms with E-state index in [9.17, 15) is 5.11 Å². The molecule has 0 aromatic rings. The van der Waals surface area contributed by atoms with Gasteiger partial charge in [0.25, 0.3) is 0 Å². The van der Waals surface area contributed by atoms with E-state index in [2.05, 4.69) is 10.2 Å². The monoisotopic (exact) mass is 202 g/mol. The molecule has 1 unspecified atom stereocenters.